The number of aryl methyl sites for hydroxylation is 3. The van der Waals surface area contributed by atoms with Gasteiger partial charge >= 0.3 is 0 Å². The summed E-state index contributed by atoms with van der Waals surface area (Å²) < 4.78 is 1.98. The summed E-state index contributed by atoms with van der Waals surface area (Å²) in [4.78, 5) is 34.8. The van der Waals surface area contributed by atoms with Crippen molar-refractivity contribution in [2.45, 2.75) is 33.7 Å². The Balaban J connectivity index is 1.33. The van der Waals surface area contributed by atoms with Crippen LogP contribution in [0.2, 0.25) is 0 Å². The zero-order valence-electron chi connectivity index (χ0n) is 17.2. The number of likely N-dealkylation sites (tertiary alicyclic amines) is 1. The fourth-order valence-corrected chi connectivity index (χ4v) is 4.15. The highest BCUT2D eigenvalue weighted by molar-refractivity contribution is 5.94. The van der Waals surface area contributed by atoms with Gasteiger partial charge in [-0.25, -0.2) is 4.98 Å². The van der Waals surface area contributed by atoms with E-state index in [0.717, 1.165) is 41.1 Å². The number of carbonyl (C=O) groups is 2. The fourth-order valence-electron chi connectivity index (χ4n) is 4.15. The molecule has 2 N–H and O–H groups in total. The number of para-hydroxylation sites is 2. The summed E-state index contributed by atoms with van der Waals surface area (Å²) in [6.07, 6.45) is 0.901. The second-order valence-corrected chi connectivity index (χ2v) is 7.95. The van der Waals surface area contributed by atoms with E-state index in [2.05, 4.69) is 15.3 Å². The van der Waals surface area contributed by atoms with Crippen LogP contribution in [0.4, 0.5) is 0 Å². The first-order chi connectivity index (χ1) is 13.9. The molecule has 0 bridgehead atoms. The average Bonchev–Trinajstić information content (AvgIpc) is 3.38. The van der Waals surface area contributed by atoms with Crippen molar-refractivity contribution in [3.05, 3.63) is 53.1 Å². The summed E-state index contributed by atoms with van der Waals surface area (Å²) in [7, 11) is 0. The first kappa shape index (κ1) is 19.2. The number of nitrogens with one attached hydrogen (secondary N) is 2. The molecule has 1 fully saturated rings. The summed E-state index contributed by atoms with van der Waals surface area (Å²) >= 11 is 0. The standard InChI is InChI=1S/C22H27N5O2/c1-14-10-15(2)24-21(14)22(29)23-11-17-8-9-26(12-17)20(28)13-27-16(3)25-18-6-4-5-7-19(18)27/h4-7,10,17,24H,8-9,11-13H2,1-3H3,(H,23,29). The van der Waals surface area contributed by atoms with Crippen LogP contribution in [0.15, 0.2) is 30.3 Å². The maximum atomic E-state index is 12.8. The number of nitrogens with zero attached hydrogens (tertiary/aromatic N) is 3. The molecule has 1 aliphatic rings. The van der Waals surface area contributed by atoms with Gasteiger partial charge in [0.1, 0.15) is 18.1 Å². The topological polar surface area (TPSA) is 83.0 Å². The summed E-state index contributed by atoms with van der Waals surface area (Å²) in [5, 5.41) is 3.01. The number of hydrogen-bond acceptors (Lipinski definition) is 3. The predicted octanol–water partition coefficient (Wildman–Crippen LogP) is 2.57. The molecule has 4 rings (SSSR count). The van der Waals surface area contributed by atoms with Crippen LogP contribution in [0.1, 0.15) is 34.0 Å². The van der Waals surface area contributed by atoms with E-state index in [-0.39, 0.29) is 17.7 Å². The number of benzene rings is 1. The smallest absolute Gasteiger partial charge is 0.267 e. The molecule has 7 nitrogen and oxygen atoms in total. The van der Waals surface area contributed by atoms with E-state index in [1.54, 1.807) is 0 Å². The lowest BCUT2D eigenvalue weighted by Crippen LogP contribution is -2.35. The fraction of sp³-hybridized carbons (Fsp3) is 0.409. The lowest BCUT2D eigenvalue weighted by Gasteiger charge is -2.18. The van der Waals surface area contributed by atoms with Crippen LogP contribution < -0.4 is 5.32 Å². The van der Waals surface area contributed by atoms with Gasteiger partial charge in [0.2, 0.25) is 5.91 Å². The molecular weight excluding hydrogens is 366 g/mol. The first-order valence-corrected chi connectivity index (χ1v) is 10.1. The molecular formula is C22H27N5O2. The van der Waals surface area contributed by atoms with Crippen molar-refractivity contribution in [2.24, 2.45) is 5.92 Å². The number of fused-ring (bicyclic) bond motifs is 1. The first-order valence-electron chi connectivity index (χ1n) is 10.1. The number of H-pyrrole nitrogens is 1. The normalized spacial score (nSPS) is 16.5. The molecule has 1 aromatic carbocycles. The monoisotopic (exact) mass is 393 g/mol. The molecule has 29 heavy (non-hydrogen) atoms. The Kier molecular flexibility index (Phi) is 5.13. The third-order valence-electron chi connectivity index (χ3n) is 5.71. The van der Waals surface area contributed by atoms with Crippen LogP contribution >= 0.6 is 0 Å². The Hall–Kier alpha value is -3.09. The van der Waals surface area contributed by atoms with Crippen molar-refractivity contribution >= 4 is 22.8 Å². The third-order valence-corrected chi connectivity index (χ3v) is 5.71. The minimum absolute atomic E-state index is 0.0825. The molecule has 3 aromatic rings. The van der Waals surface area contributed by atoms with E-state index in [1.165, 1.54) is 0 Å². The SMILES string of the molecule is Cc1cc(C)c(C(=O)NCC2CCN(C(=O)Cn3c(C)nc4ccccc43)C2)[nH]1. The Morgan fingerprint density at radius 1 is 1.24 bits per heavy atom. The van der Waals surface area contributed by atoms with Crippen molar-refractivity contribution < 1.29 is 9.59 Å². The van der Waals surface area contributed by atoms with E-state index in [0.29, 0.717) is 25.3 Å². The highest BCUT2D eigenvalue weighted by Gasteiger charge is 2.27. The molecule has 2 amide bonds. The van der Waals surface area contributed by atoms with Gasteiger partial charge in [-0.15, -0.1) is 0 Å². The summed E-state index contributed by atoms with van der Waals surface area (Å²) in [6.45, 7) is 8.07. The molecule has 1 unspecified atom stereocenters. The summed E-state index contributed by atoms with van der Waals surface area (Å²) in [6, 6.07) is 9.84. The summed E-state index contributed by atoms with van der Waals surface area (Å²) in [5.74, 6) is 1.14. The molecule has 3 heterocycles. The maximum absolute atomic E-state index is 12.8. The number of amides is 2. The van der Waals surface area contributed by atoms with Crippen LogP contribution in [0.3, 0.4) is 0 Å². The van der Waals surface area contributed by atoms with Crippen LogP contribution in [0.5, 0.6) is 0 Å². The quantitative estimate of drug-likeness (QED) is 0.699. The van der Waals surface area contributed by atoms with Gasteiger partial charge in [-0.05, 0) is 56.9 Å². The highest BCUT2D eigenvalue weighted by Crippen LogP contribution is 2.19. The van der Waals surface area contributed by atoms with E-state index >= 15 is 0 Å². The molecule has 1 saturated heterocycles. The second-order valence-electron chi connectivity index (χ2n) is 7.95. The van der Waals surface area contributed by atoms with Crippen molar-refractivity contribution in [2.75, 3.05) is 19.6 Å². The van der Waals surface area contributed by atoms with Gasteiger partial charge in [0.15, 0.2) is 0 Å². The molecule has 0 saturated carbocycles. The van der Waals surface area contributed by atoms with Crippen LogP contribution in [-0.2, 0) is 11.3 Å². The van der Waals surface area contributed by atoms with Gasteiger partial charge in [0.25, 0.3) is 5.91 Å². The van der Waals surface area contributed by atoms with Gasteiger partial charge in [0, 0.05) is 25.3 Å². The van der Waals surface area contributed by atoms with E-state index < -0.39 is 0 Å². The largest absolute Gasteiger partial charge is 0.354 e. The van der Waals surface area contributed by atoms with Crippen molar-refractivity contribution in [1.82, 2.24) is 24.8 Å². The van der Waals surface area contributed by atoms with Crippen LogP contribution in [0, 0.1) is 26.7 Å². The molecule has 0 radical (unpaired) electrons. The lowest BCUT2D eigenvalue weighted by molar-refractivity contribution is -0.130. The predicted molar refractivity (Wildman–Crippen MR) is 112 cm³/mol. The van der Waals surface area contributed by atoms with Gasteiger partial charge in [-0.2, -0.15) is 0 Å². The van der Waals surface area contributed by atoms with Gasteiger partial charge in [-0.3, -0.25) is 9.59 Å². The molecule has 7 heteroatoms. The number of hydrogen-bond donors (Lipinski definition) is 2. The number of carbonyl (C=O) groups excluding carboxylic acids is 2. The van der Waals surface area contributed by atoms with Crippen molar-refractivity contribution in [1.29, 1.82) is 0 Å². The molecule has 2 aromatic heterocycles. The zero-order chi connectivity index (χ0) is 20.5. The van der Waals surface area contributed by atoms with Crippen LogP contribution in [0.25, 0.3) is 11.0 Å². The number of aromatic amines is 1. The van der Waals surface area contributed by atoms with E-state index in [1.807, 2.05) is 60.6 Å². The molecule has 1 atom stereocenters. The van der Waals surface area contributed by atoms with E-state index in [4.69, 9.17) is 0 Å². The Bertz CT molecular complexity index is 1060. The highest BCUT2D eigenvalue weighted by atomic mass is 16.2. The minimum atomic E-state index is -0.0825. The van der Waals surface area contributed by atoms with E-state index in [9.17, 15) is 9.59 Å². The molecule has 1 aliphatic heterocycles. The zero-order valence-corrected chi connectivity index (χ0v) is 17.2. The Morgan fingerprint density at radius 3 is 2.79 bits per heavy atom. The molecule has 0 aliphatic carbocycles. The molecule has 0 spiro atoms. The number of rotatable bonds is 5. The maximum Gasteiger partial charge on any atom is 0.267 e. The molecule has 152 valence electrons. The second kappa shape index (κ2) is 7.73. The van der Waals surface area contributed by atoms with Crippen molar-refractivity contribution in [3.63, 3.8) is 0 Å². The lowest BCUT2D eigenvalue weighted by atomic mass is 10.1. The third kappa shape index (κ3) is 3.90. The van der Waals surface area contributed by atoms with Crippen LogP contribution in [-0.4, -0.2) is 50.9 Å². The van der Waals surface area contributed by atoms with Gasteiger partial charge in [-0.1, -0.05) is 12.1 Å². The summed E-state index contributed by atoms with van der Waals surface area (Å²) in [5.41, 5.74) is 4.45. The number of imidazole rings is 1. The average molecular weight is 393 g/mol. The van der Waals surface area contributed by atoms with Gasteiger partial charge in [0.05, 0.1) is 11.0 Å². The Morgan fingerprint density at radius 2 is 2.03 bits per heavy atom. The van der Waals surface area contributed by atoms with Gasteiger partial charge < -0.3 is 19.8 Å². The van der Waals surface area contributed by atoms with Crippen molar-refractivity contribution in [3.8, 4) is 0 Å². The number of aromatic nitrogens is 3. The minimum Gasteiger partial charge on any atom is -0.354 e. The Labute approximate surface area is 170 Å².